The predicted molar refractivity (Wildman–Crippen MR) is 77.9 cm³/mol. The second-order valence-electron chi connectivity index (χ2n) is 4.89. The number of rotatable bonds is 7. The number of hydrogen-bond donors (Lipinski definition) is 2. The van der Waals surface area contributed by atoms with Crippen molar-refractivity contribution in [2.24, 2.45) is 5.92 Å². The minimum atomic E-state index is -3.53. The van der Waals surface area contributed by atoms with E-state index in [-0.39, 0.29) is 6.61 Å². The monoisotopic (exact) mass is 283 g/mol. The molecule has 4 nitrogen and oxygen atoms in total. The van der Waals surface area contributed by atoms with Crippen molar-refractivity contribution in [1.29, 1.82) is 0 Å². The lowest BCUT2D eigenvalue weighted by atomic mass is 10.1. The smallest absolute Gasteiger partial charge is 0.234 e. The molecule has 1 unspecified atom stereocenters. The molecular formula is C14H21NO3S. The molecule has 2 N–H and O–H groups in total. The van der Waals surface area contributed by atoms with Crippen LogP contribution in [0.2, 0.25) is 0 Å². The highest BCUT2D eigenvalue weighted by Gasteiger charge is 2.15. The van der Waals surface area contributed by atoms with Gasteiger partial charge in [0.25, 0.3) is 0 Å². The zero-order valence-electron chi connectivity index (χ0n) is 11.3. The molecule has 19 heavy (non-hydrogen) atoms. The fourth-order valence-corrected chi connectivity index (χ4v) is 2.78. The third kappa shape index (κ3) is 6.52. The largest absolute Gasteiger partial charge is 0.395 e. The Balaban J connectivity index is 2.68. The van der Waals surface area contributed by atoms with Crippen LogP contribution in [0.15, 0.2) is 35.7 Å². The second kappa shape index (κ2) is 7.43. The van der Waals surface area contributed by atoms with E-state index in [1.807, 2.05) is 44.2 Å². The summed E-state index contributed by atoms with van der Waals surface area (Å²) in [5.74, 6) is 0.318. The maximum atomic E-state index is 11.8. The van der Waals surface area contributed by atoms with Gasteiger partial charge in [-0.25, -0.2) is 13.1 Å². The quantitative estimate of drug-likeness (QED) is 0.804. The first kappa shape index (κ1) is 15.9. The summed E-state index contributed by atoms with van der Waals surface area (Å²) < 4.78 is 26.2. The Morgan fingerprint density at radius 3 is 2.42 bits per heavy atom. The summed E-state index contributed by atoms with van der Waals surface area (Å²) in [6.07, 6.45) is 2.14. The molecule has 0 fully saturated rings. The summed E-state index contributed by atoms with van der Waals surface area (Å²) in [4.78, 5) is 0. The van der Waals surface area contributed by atoms with Crippen LogP contribution in [-0.4, -0.2) is 26.2 Å². The van der Waals surface area contributed by atoms with E-state index < -0.39 is 16.1 Å². The van der Waals surface area contributed by atoms with Crippen molar-refractivity contribution >= 4 is 16.1 Å². The summed E-state index contributed by atoms with van der Waals surface area (Å²) in [5.41, 5.74) is 0.817. The SMILES string of the molecule is CC(C)CC(CO)NS(=O)(=O)C=Cc1ccccc1. The van der Waals surface area contributed by atoms with Crippen molar-refractivity contribution in [3.8, 4) is 0 Å². The fraction of sp³-hybridized carbons (Fsp3) is 0.429. The number of hydrogen-bond acceptors (Lipinski definition) is 3. The Bertz CT molecular complexity index is 495. The number of sulfonamides is 1. The van der Waals surface area contributed by atoms with Gasteiger partial charge in [-0.15, -0.1) is 0 Å². The maximum Gasteiger partial charge on any atom is 0.234 e. The van der Waals surface area contributed by atoms with E-state index in [2.05, 4.69) is 4.72 Å². The van der Waals surface area contributed by atoms with Crippen LogP contribution < -0.4 is 4.72 Å². The van der Waals surface area contributed by atoms with Crippen LogP contribution in [0.3, 0.4) is 0 Å². The number of benzene rings is 1. The topological polar surface area (TPSA) is 66.4 Å². The number of nitrogens with one attached hydrogen (secondary N) is 1. The molecule has 0 heterocycles. The minimum Gasteiger partial charge on any atom is -0.395 e. The fourth-order valence-electron chi connectivity index (χ4n) is 1.73. The van der Waals surface area contributed by atoms with Crippen LogP contribution in [0, 0.1) is 5.92 Å². The molecule has 0 spiro atoms. The average Bonchev–Trinajstić information content (AvgIpc) is 2.36. The van der Waals surface area contributed by atoms with Gasteiger partial charge >= 0.3 is 0 Å². The van der Waals surface area contributed by atoms with Gasteiger partial charge in [-0.2, -0.15) is 0 Å². The van der Waals surface area contributed by atoms with Gasteiger partial charge in [-0.3, -0.25) is 0 Å². The van der Waals surface area contributed by atoms with Gasteiger partial charge in [0.05, 0.1) is 6.61 Å². The van der Waals surface area contributed by atoms with Crippen LogP contribution in [-0.2, 0) is 10.0 Å². The molecule has 0 aliphatic heterocycles. The molecule has 0 aromatic heterocycles. The molecule has 1 aromatic carbocycles. The maximum absolute atomic E-state index is 11.8. The van der Waals surface area contributed by atoms with Crippen LogP contribution in [0.25, 0.3) is 6.08 Å². The lowest BCUT2D eigenvalue weighted by Crippen LogP contribution is -2.37. The van der Waals surface area contributed by atoms with Gasteiger partial charge < -0.3 is 5.11 Å². The summed E-state index contributed by atoms with van der Waals surface area (Å²) in [5, 5.41) is 10.3. The Morgan fingerprint density at radius 2 is 1.89 bits per heavy atom. The van der Waals surface area contributed by atoms with Crippen LogP contribution >= 0.6 is 0 Å². The average molecular weight is 283 g/mol. The lowest BCUT2D eigenvalue weighted by molar-refractivity contribution is 0.240. The molecule has 0 amide bonds. The highest BCUT2D eigenvalue weighted by atomic mass is 32.2. The zero-order chi connectivity index (χ0) is 14.3. The van der Waals surface area contributed by atoms with Crippen molar-refractivity contribution in [1.82, 2.24) is 4.72 Å². The molecule has 106 valence electrons. The minimum absolute atomic E-state index is 0.198. The van der Waals surface area contributed by atoms with Gasteiger partial charge in [0, 0.05) is 11.4 Å². The summed E-state index contributed by atoms with van der Waals surface area (Å²) in [6.45, 7) is 3.77. The molecule has 1 atom stereocenters. The summed E-state index contributed by atoms with van der Waals surface area (Å²) in [6, 6.07) is 8.76. The molecule has 0 aliphatic rings. The first-order valence-electron chi connectivity index (χ1n) is 6.29. The Kier molecular flexibility index (Phi) is 6.21. The molecule has 5 heteroatoms. The van der Waals surface area contributed by atoms with E-state index in [0.717, 1.165) is 11.0 Å². The molecule has 0 bridgehead atoms. The van der Waals surface area contributed by atoms with Crippen LogP contribution in [0.1, 0.15) is 25.8 Å². The number of aliphatic hydroxyl groups is 1. The van der Waals surface area contributed by atoms with E-state index in [0.29, 0.717) is 12.3 Å². The molecule has 0 saturated heterocycles. The van der Waals surface area contributed by atoms with Gasteiger partial charge in [0.2, 0.25) is 10.0 Å². The van der Waals surface area contributed by atoms with Gasteiger partial charge in [-0.05, 0) is 24.0 Å². The van der Waals surface area contributed by atoms with E-state index in [9.17, 15) is 13.5 Å². The molecule has 0 aliphatic carbocycles. The first-order valence-corrected chi connectivity index (χ1v) is 7.84. The van der Waals surface area contributed by atoms with Crippen molar-refractivity contribution in [3.05, 3.63) is 41.3 Å². The third-order valence-corrected chi connectivity index (χ3v) is 3.70. The van der Waals surface area contributed by atoms with Crippen LogP contribution in [0.5, 0.6) is 0 Å². The van der Waals surface area contributed by atoms with Crippen molar-refractivity contribution in [3.63, 3.8) is 0 Å². The summed E-state index contributed by atoms with van der Waals surface area (Å²) in [7, 11) is -3.53. The molecule has 0 saturated carbocycles. The Hall–Kier alpha value is -1.17. The zero-order valence-corrected chi connectivity index (χ0v) is 12.1. The Labute approximate surface area is 115 Å². The standard InChI is InChI=1S/C14H21NO3S/c1-12(2)10-14(11-16)15-19(17,18)9-8-13-6-4-3-5-7-13/h3-9,12,14-16H,10-11H2,1-2H3. The van der Waals surface area contributed by atoms with Gasteiger partial charge in [0.15, 0.2) is 0 Å². The molecule has 1 aromatic rings. The highest BCUT2D eigenvalue weighted by Crippen LogP contribution is 2.07. The van der Waals surface area contributed by atoms with E-state index in [1.54, 1.807) is 0 Å². The molecule has 0 radical (unpaired) electrons. The normalized spacial score (nSPS) is 14.1. The van der Waals surface area contributed by atoms with E-state index in [4.69, 9.17) is 0 Å². The lowest BCUT2D eigenvalue weighted by Gasteiger charge is -2.16. The van der Waals surface area contributed by atoms with Crippen molar-refractivity contribution < 1.29 is 13.5 Å². The molecular weight excluding hydrogens is 262 g/mol. The van der Waals surface area contributed by atoms with Crippen molar-refractivity contribution in [2.45, 2.75) is 26.3 Å². The second-order valence-corrected chi connectivity index (χ2v) is 6.48. The predicted octanol–water partition coefficient (Wildman–Crippen LogP) is 1.98. The summed E-state index contributed by atoms with van der Waals surface area (Å²) >= 11 is 0. The van der Waals surface area contributed by atoms with E-state index >= 15 is 0 Å². The highest BCUT2D eigenvalue weighted by molar-refractivity contribution is 7.92. The number of aliphatic hydroxyl groups excluding tert-OH is 1. The van der Waals surface area contributed by atoms with Crippen LogP contribution in [0.4, 0.5) is 0 Å². The third-order valence-electron chi connectivity index (χ3n) is 2.55. The van der Waals surface area contributed by atoms with E-state index in [1.165, 1.54) is 6.08 Å². The first-order chi connectivity index (χ1) is 8.93. The Morgan fingerprint density at radius 1 is 1.26 bits per heavy atom. The van der Waals surface area contributed by atoms with Gasteiger partial charge in [-0.1, -0.05) is 44.2 Å². The molecule has 1 rings (SSSR count). The van der Waals surface area contributed by atoms with Crippen molar-refractivity contribution in [2.75, 3.05) is 6.61 Å². The van der Waals surface area contributed by atoms with Gasteiger partial charge in [0.1, 0.15) is 0 Å².